The molecule has 1 unspecified atom stereocenters. The van der Waals surface area contributed by atoms with E-state index in [9.17, 15) is 4.79 Å². The van der Waals surface area contributed by atoms with Crippen LogP contribution in [0.15, 0.2) is 0 Å². The molecule has 1 N–H and O–H groups in total. The zero-order chi connectivity index (χ0) is 12.1. The van der Waals surface area contributed by atoms with Crippen molar-refractivity contribution in [2.24, 2.45) is 0 Å². The van der Waals surface area contributed by atoms with Crippen LogP contribution >= 0.6 is 12.4 Å². The predicted octanol–water partition coefficient (Wildman–Crippen LogP) is 1.58. The van der Waals surface area contributed by atoms with Crippen LogP contribution in [0.3, 0.4) is 0 Å². The fraction of sp³-hybridized carbons (Fsp3) is 0.923. The number of nitrogens with zero attached hydrogens (tertiary/aromatic N) is 1. The van der Waals surface area contributed by atoms with Gasteiger partial charge in [-0.05, 0) is 45.2 Å². The van der Waals surface area contributed by atoms with Crippen molar-refractivity contribution in [3.8, 4) is 0 Å². The molecule has 0 aliphatic carbocycles. The number of piperidine rings is 1. The van der Waals surface area contributed by atoms with Crippen LogP contribution in [0.2, 0.25) is 0 Å². The maximum Gasteiger partial charge on any atom is 0.225 e. The van der Waals surface area contributed by atoms with E-state index < -0.39 is 0 Å². The third kappa shape index (κ3) is 4.41. The van der Waals surface area contributed by atoms with Gasteiger partial charge in [0.05, 0.1) is 12.5 Å². The van der Waals surface area contributed by atoms with Crippen molar-refractivity contribution in [2.45, 2.75) is 50.7 Å². The molecule has 1 atom stereocenters. The van der Waals surface area contributed by atoms with E-state index in [0.29, 0.717) is 12.5 Å². The summed E-state index contributed by atoms with van der Waals surface area (Å²) in [4.78, 5) is 14.1. The van der Waals surface area contributed by atoms with Gasteiger partial charge in [-0.1, -0.05) is 0 Å². The summed E-state index contributed by atoms with van der Waals surface area (Å²) >= 11 is 0. The molecule has 0 aromatic carbocycles. The van der Waals surface area contributed by atoms with E-state index in [1.807, 2.05) is 11.9 Å². The highest BCUT2D eigenvalue weighted by Crippen LogP contribution is 2.18. The molecule has 2 aliphatic heterocycles. The first-order valence-corrected chi connectivity index (χ1v) is 6.85. The fourth-order valence-electron chi connectivity index (χ4n) is 2.70. The maximum atomic E-state index is 12.1. The quantitative estimate of drug-likeness (QED) is 0.851. The Labute approximate surface area is 116 Å². The van der Waals surface area contributed by atoms with Crippen LogP contribution in [0.25, 0.3) is 0 Å². The van der Waals surface area contributed by atoms with Gasteiger partial charge in [0.15, 0.2) is 0 Å². The summed E-state index contributed by atoms with van der Waals surface area (Å²) in [6.45, 7) is 2.89. The Morgan fingerprint density at radius 1 is 1.28 bits per heavy atom. The van der Waals surface area contributed by atoms with Gasteiger partial charge >= 0.3 is 0 Å². The average Bonchev–Trinajstić information content (AvgIpc) is 2.40. The summed E-state index contributed by atoms with van der Waals surface area (Å²) in [5, 5.41) is 3.33. The van der Waals surface area contributed by atoms with E-state index in [1.54, 1.807) is 0 Å². The van der Waals surface area contributed by atoms with Crippen LogP contribution in [0.5, 0.6) is 0 Å². The van der Waals surface area contributed by atoms with Crippen LogP contribution in [-0.4, -0.2) is 49.7 Å². The Morgan fingerprint density at radius 2 is 2.00 bits per heavy atom. The number of carbonyl (C=O) groups is 1. The number of nitrogens with one attached hydrogen (secondary N) is 1. The molecule has 0 aromatic heterocycles. The van der Waals surface area contributed by atoms with E-state index in [1.165, 1.54) is 6.42 Å². The minimum atomic E-state index is 0. The molecule has 1 amide bonds. The van der Waals surface area contributed by atoms with E-state index in [2.05, 4.69) is 5.32 Å². The number of ether oxygens (including phenoxy) is 1. The fourth-order valence-corrected chi connectivity index (χ4v) is 2.70. The van der Waals surface area contributed by atoms with Crippen LogP contribution < -0.4 is 5.32 Å². The molecule has 2 rings (SSSR count). The standard InChI is InChI=1S/C13H24N2O2.ClH/c1-15(11-5-7-14-8-6-11)13(16)10-12-4-2-3-9-17-12;/h11-12,14H,2-10H2,1H3;1H. The first-order chi connectivity index (χ1) is 8.27. The van der Waals surface area contributed by atoms with Crippen molar-refractivity contribution in [3.63, 3.8) is 0 Å². The summed E-state index contributed by atoms with van der Waals surface area (Å²) < 4.78 is 5.63. The summed E-state index contributed by atoms with van der Waals surface area (Å²) in [5.74, 6) is 0.254. The Bertz CT molecular complexity index is 251. The van der Waals surface area contributed by atoms with Crippen LogP contribution in [0.4, 0.5) is 0 Å². The minimum Gasteiger partial charge on any atom is -0.378 e. The number of halogens is 1. The topological polar surface area (TPSA) is 41.6 Å². The largest absolute Gasteiger partial charge is 0.378 e. The lowest BCUT2D eigenvalue weighted by atomic mass is 10.0. The zero-order valence-corrected chi connectivity index (χ0v) is 12.0. The van der Waals surface area contributed by atoms with Crippen molar-refractivity contribution in [2.75, 3.05) is 26.7 Å². The van der Waals surface area contributed by atoms with E-state index in [4.69, 9.17) is 4.74 Å². The second-order valence-electron chi connectivity index (χ2n) is 5.18. The highest BCUT2D eigenvalue weighted by Gasteiger charge is 2.25. The molecule has 5 heteroatoms. The molecule has 0 bridgehead atoms. The van der Waals surface area contributed by atoms with Gasteiger partial charge in [-0.2, -0.15) is 0 Å². The molecule has 2 fully saturated rings. The molecule has 4 nitrogen and oxygen atoms in total. The molecule has 0 radical (unpaired) electrons. The molecule has 18 heavy (non-hydrogen) atoms. The lowest BCUT2D eigenvalue weighted by molar-refractivity contribution is -0.136. The summed E-state index contributed by atoms with van der Waals surface area (Å²) in [6.07, 6.45) is 6.29. The molecule has 0 spiro atoms. The van der Waals surface area contributed by atoms with Crippen LogP contribution in [0.1, 0.15) is 38.5 Å². The average molecular weight is 277 g/mol. The van der Waals surface area contributed by atoms with Crippen molar-refractivity contribution >= 4 is 18.3 Å². The SMILES string of the molecule is CN(C(=O)CC1CCCCO1)C1CCNCC1.Cl. The van der Waals surface area contributed by atoms with Gasteiger partial charge in [0, 0.05) is 19.7 Å². The Hall–Kier alpha value is -0.320. The first kappa shape index (κ1) is 15.7. The third-order valence-electron chi connectivity index (χ3n) is 3.93. The molecule has 2 aliphatic rings. The van der Waals surface area contributed by atoms with Crippen LogP contribution in [-0.2, 0) is 9.53 Å². The smallest absolute Gasteiger partial charge is 0.225 e. The van der Waals surface area contributed by atoms with Gasteiger partial charge in [-0.3, -0.25) is 4.79 Å². The molecular formula is C13H25ClN2O2. The monoisotopic (exact) mass is 276 g/mol. The normalized spacial score (nSPS) is 25.3. The van der Waals surface area contributed by atoms with Gasteiger partial charge in [0.25, 0.3) is 0 Å². The molecule has 2 saturated heterocycles. The number of amides is 1. The van der Waals surface area contributed by atoms with E-state index in [0.717, 1.165) is 45.4 Å². The Morgan fingerprint density at radius 3 is 2.61 bits per heavy atom. The highest BCUT2D eigenvalue weighted by molar-refractivity contribution is 5.85. The van der Waals surface area contributed by atoms with Crippen molar-refractivity contribution in [1.29, 1.82) is 0 Å². The molecule has 106 valence electrons. The molecule has 2 heterocycles. The Balaban J connectivity index is 0.00000162. The molecular weight excluding hydrogens is 252 g/mol. The second-order valence-corrected chi connectivity index (χ2v) is 5.18. The lowest BCUT2D eigenvalue weighted by Crippen LogP contribution is -2.45. The summed E-state index contributed by atoms with van der Waals surface area (Å²) in [5.41, 5.74) is 0. The predicted molar refractivity (Wildman–Crippen MR) is 74.1 cm³/mol. The number of hydrogen-bond acceptors (Lipinski definition) is 3. The van der Waals surface area contributed by atoms with Crippen LogP contribution in [0, 0.1) is 0 Å². The Kier molecular flexibility index (Phi) is 6.97. The van der Waals surface area contributed by atoms with Gasteiger partial charge in [0.2, 0.25) is 5.91 Å². The second kappa shape index (κ2) is 7.97. The van der Waals surface area contributed by atoms with Gasteiger partial charge < -0.3 is 15.0 Å². The molecule has 0 aromatic rings. The lowest BCUT2D eigenvalue weighted by Gasteiger charge is -2.33. The van der Waals surface area contributed by atoms with Crippen molar-refractivity contribution in [3.05, 3.63) is 0 Å². The minimum absolute atomic E-state index is 0. The van der Waals surface area contributed by atoms with Gasteiger partial charge in [-0.15, -0.1) is 12.4 Å². The third-order valence-corrected chi connectivity index (χ3v) is 3.93. The van der Waals surface area contributed by atoms with Crippen molar-refractivity contribution in [1.82, 2.24) is 10.2 Å². The van der Waals surface area contributed by atoms with E-state index in [-0.39, 0.29) is 24.4 Å². The van der Waals surface area contributed by atoms with Gasteiger partial charge in [-0.25, -0.2) is 0 Å². The number of hydrogen-bond donors (Lipinski definition) is 1. The van der Waals surface area contributed by atoms with Gasteiger partial charge in [0.1, 0.15) is 0 Å². The number of rotatable bonds is 3. The first-order valence-electron chi connectivity index (χ1n) is 6.85. The summed E-state index contributed by atoms with van der Waals surface area (Å²) in [6, 6.07) is 0.423. The summed E-state index contributed by atoms with van der Waals surface area (Å²) in [7, 11) is 1.95. The number of carbonyl (C=O) groups excluding carboxylic acids is 1. The highest BCUT2D eigenvalue weighted by atomic mass is 35.5. The van der Waals surface area contributed by atoms with Crippen molar-refractivity contribution < 1.29 is 9.53 Å². The molecule has 0 saturated carbocycles. The zero-order valence-electron chi connectivity index (χ0n) is 11.2. The maximum absolute atomic E-state index is 12.1. The van der Waals surface area contributed by atoms with E-state index >= 15 is 0 Å².